The van der Waals surface area contributed by atoms with Gasteiger partial charge in [0.15, 0.2) is 0 Å². The molecule has 0 aromatic carbocycles. The summed E-state index contributed by atoms with van der Waals surface area (Å²) in [4.78, 5) is 5.51. The summed E-state index contributed by atoms with van der Waals surface area (Å²) in [6, 6.07) is 2.17. The quantitative estimate of drug-likeness (QED) is 0.676. The monoisotopic (exact) mass is 322 g/mol. The van der Waals surface area contributed by atoms with Crippen molar-refractivity contribution in [2.75, 3.05) is 19.6 Å². The number of likely N-dealkylation sites (tertiary alicyclic amines) is 1. The molecule has 1 saturated carbocycles. The summed E-state index contributed by atoms with van der Waals surface area (Å²) in [5.74, 6) is 2.88. The third-order valence-electron chi connectivity index (χ3n) is 6.52. The number of nitrogens with zero attached hydrogens (tertiary/aromatic N) is 2. The van der Waals surface area contributed by atoms with Crippen LogP contribution >= 0.6 is 0 Å². The molecular weight excluding hydrogens is 280 g/mol. The van der Waals surface area contributed by atoms with E-state index >= 15 is 0 Å². The first-order valence-corrected chi connectivity index (χ1v) is 10.4. The molecule has 2 aliphatic rings. The third kappa shape index (κ3) is 5.46. The molecule has 2 nitrogen and oxygen atoms in total. The van der Waals surface area contributed by atoms with Gasteiger partial charge in [0.05, 0.1) is 0 Å². The predicted molar refractivity (Wildman–Crippen MR) is 102 cm³/mol. The molecule has 1 heterocycles. The number of hydrogen-bond donors (Lipinski definition) is 0. The fourth-order valence-electron chi connectivity index (χ4n) is 5.24. The van der Waals surface area contributed by atoms with Gasteiger partial charge in [0.25, 0.3) is 0 Å². The van der Waals surface area contributed by atoms with Gasteiger partial charge in [-0.05, 0) is 97.1 Å². The Morgan fingerprint density at radius 2 is 1.30 bits per heavy atom. The third-order valence-corrected chi connectivity index (χ3v) is 6.52. The van der Waals surface area contributed by atoms with E-state index in [1.807, 2.05) is 0 Å². The van der Waals surface area contributed by atoms with E-state index in [1.165, 1.54) is 58.2 Å². The Morgan fingerprint density at radius 3 is 1.74 bits per heavy atom. The van der Waals surface area contributed by atoms with Crippen molar-refractivity contribution in [1.82, 2.24) is 9.80 Å². The lowest BCUT2D eigenvalue weighted by Gasteiger charge is -2.44. The first kappa shape index (κ1) is 19.2. The van der Waals surface area contributed by atoms with Crippen molar-refractivity contribution in [3.05, 3.63) is 0 Å². The highest BCUT2D eigenvalue weighted by molar-refractivity contribution is 4.85. The molecule has 2 rings (SSSR count). The summed E-state index contributed by atoms with van der Waals surface area (Å²) >= 11 is 0. The zero-order chi connectivity index (χ0) is 17.0. The van der Waals surface area contributed by atoms with E-state index in [9.17, 15) is 0 Å². The summed E-state index contributed by atoms with van der Waals surface area (Å²) in [6.07, 6.45) is 8.66. The van der Waals surface area contributed by atoms with Gasteiger partial charge in [-0.3, -0.25) is 4.90 Å². The zero-order valence-electron chi connectivity index (χ0n) is 16.7. The Hall–Kier alpha value is -0.0800. The van der Waals surface area contributed by atoms with Gasteiger partial charge in [-0.25, -0.2) is 0 Å². The molecule has 0 N–H and O–H groups in total. The largest absolute Gasteiger partial charge is 0.303 e. The molecule has 0 aromatic heterocycles. The molecule has 23 heavy (non-hydrogen) atoms. The predicted octanol–water partition coefficient (Wildman–Crippen LogP) is 5.03. The number of hydrogen-bond acceptors (Lipinski definition) is 2. The van der Waals surface area contributed by atoms with Gasteiger partial charge in [-0.1, -0.05) is 13.8 Å². The Bertz CT molecular complexity index is 313. The highest BCUT2D eigenvalue weighted by Gasteiger charge is 2.30. The van der Waals surface area contributed by atoms with E-state index in [0.29, 0.717) is 12.1 Å². The van der Waals surface area contributed by atoms with E-state index in [1.54, 1.807) is 0 Å². The summed E-state index contributed by atoms with van der Waals surface area (Å²) in [6.45, 7) is 18.3. The smallest absolute Gasteiger partial charge is 0.0125 e. The van der Waals surface area contributed by atoms with Gasteiger partial charge in [0.1, 0.15) is 0 Å². The van der Waals surface area contributed by atoms with Crippen LogP contribution in [0.15, 0.2) is 0 Å². The van der Waals surface area contributed by atoms with Crippen molar-refractivity contribution in [2.45, 2.75) is 98.2 Å². The minimum atomic E-state index is 0.679. The Kier molecular flexibility index (Phi) is 7.41. The Balaban J connectivity index is 1.73. The molecule has 0 aromatic rings. The molecule has 0 unspecified atom stereocenters. The molecule has 0 radical (unpaired) electrons. The first-order valence-electron chi connectivity index (χ1n) is 10.4. The second-order valence-electron chi connectivity index (χ2n) is 9.19. The first-order chi connectivity index (χ1) is 10.9. The van der Waals surface area contributed by atoms with Gasteiger partial charge in [-0.15, -0.1) is 0 Å². The number of rotatable bonds is 6. The zero-order valence-corrected chi connectivity index (χ0v) is 16.7. The van der Waals surface area contributed by atoms with Gasteiger partial charge >= 0.3 is 0 Å². The van der Waals surface area contributed by atoms with Crippen LogP contribution in [0.5, 0.6) is 0 Å². The molecule has 0 bridgehead atoms. The molecule has 0 spiro atoms. The highest BCUT2D eigenvalue weighted by Crippen LogP contribution is 2.34. The molecule has 2 heteroatoms. The van der Waals surface area contributed by atoms with Crippen molar-refractivity contribution in [2.24, 2.45) is 17.8 Å². The van der Waals surface area contributed by atoms with E-state index in [0.717, 1.165) is 23.8 Å². The fourth-order valence-corrected chi connectivity index (χ4v) is 5.24. The normalized spacial score (nSPS) is 28.4. The van der Waals surface area contributed by atoms with Crippen molar-refractivity contribution < 1.29 is 0 Å². The van der Waals surface area contributed by atoms with Crippen LogP contribution in [0.3, 0.4) is 0 Å². The SMILES string of the molecule is CC(C)C1CCC(CN2CCC(N(C(C)C)C(C)C)CC2)CC1. The standard InChI is InChI=1S/C21H42N2/c1-16(2)20-9-7-19(8-10-20)15-22-13-11-21(12-14-22)23(17(3)4)18(5)6/h16-21H,7-15H2,1-6H3. The van der Waals surface area contributed by atoms with E-state index in [2.05, 4.69) is 51.3 Å². The Morgan fingerprint density at radius 1 is 0.783 bits per heavy atom. The topological polar surface area (TPSA) is 6.48 Å². The molecule has 1 aliphatic heterocycles. The minimum Gasteiger partial charge on any atom is -0.303 e. The second kappa shape index (κ2) is 8.85. The average Bonchev–Trinajstić information content (AvgIpc) is 2.49. The summed E-state index contributed by atoms with van der Waals surface area (Å²) < 4.78 is 0. The molecule has 136 valence electrons. The van der Waals surface area contributed by atoms with Crippen LogP contribution in [0.4, 0.5) is 0 Å². The molecular formula is C21H42N2. The average molecular weight is 323 g/mol. The summed E-state index contributed by atoms with van der Waals surface area (Å²) in [5, 5.41) is 0. The number of piperidine rings is 1. The lowest BCUT2D eigenvalue weighted by Crippen LogP contribution is -2.51. The van der Waals surface area contributed by atoms with Crippen LogP contribution in [0.25, 0.3) is 0 Å². The molecule has 0 amide bonds. The Labute approximate surface area is 146 Å². The minimum absolute atomic E-state index is 0.679. The highest BCUT2D eigenvalue weighted by atomic mass is 15.2. The maximum absolute atomic E-state index is 2.77. The van der Waals surface area contributed by atoms with Gasteiger partial charge < -0.3 is 4.90 Å². The lowest BCUT2D eigenvalue weighted by atomic mass is 9.77. The lowest BCUT2D eigenvalue weighted by molar-refractivity contribution is 0.0509. The van der Waals surface area contributed by atoms with Gasteiger partial charge in [-0.2, -0.15) is 0 Å². The molecule has 1 aliphatic carbocycles. The summed E-state index contributed by atoms with van der Waals surface area (Å²) in [7, 11) is 0. The van der Waals surface area contributed by atoms with Crippen molar-refractivity contribution in [3.63, 3.8) is 0 Å². The van der Waals surface area contributed by atoms with Crippen molar-refractivity contribution in [1.29, 1.82) is 0 Å². The molecule has 0 atom stereocenters. The van der Waals surface area contributed by atoms with Crippen LogP contribution < -0.4 is 0 Å². The summed E-state index contributed by atoms with van der Waals surface area (Å²) in [5.41, 5.74) is 0. The van der Waals surface area contributed by atoms with Gasteiger partial charge in [0, 0.05) is 24.7 Å². The van der Waals surface area contributed by atoms with E-state index in [-0.39, 0.29) is 0 Å². The van der Waals surface area contributed by atoms with Crippen LogP contribution in [0.2, 0.25) is 0 Å². The molecule has 2 fully saturated rings. The maximum Gasteiger partial charge on any atom is 0.0125 e. The fraction of sp³-hybridized carbons (Fsp3) is 1.00. The van der Waals surface area contributed by atoms with E-state index < -0.39 is 0 Å². The van der Waals surface area contributed by atoms with Crippen molar-refractivity contribution in [3.8, 4) is 0 Å². The molecule has 1 saturated heterocycles. The van der Waals surface area contributed by atoms with Crippen molar-refractivity contribution >= 4 is 0 Å². The van der Waals surface area contributed by atoms with Crippen LogP contribution in [0.1, 0.15) is 80.1 Å². The van der Waals surface area contributed by atoms with Crippen LogP contribution in [-0.4, -0.2) is 47.6 Å². The second-order valence-corrected chi connectivity index (χ2v) is 9.19. The van der Waals surface area contributed by atoms with Crippen LogP contribution in [0, 0.1) is 17.8 Å². The maximum atomic E-state index is 2.77. The van der Waals surface area contributed by atoms with Gasteiger partial charge in [0.2, 0.25) is 0 Å². The van der Waals surface area contributed by atoms with Crippen LogP contribution in [-0.2, 0) is 0 Å². The van der Waals surface area contributed by atoms with E-state index in [4.69, 9.17) is 0 Å².